The fourth-order valence-electron chi connectivity index (χ4n) is 3.89. The second-order valence-corrected chi connectivity index (χ2v) is 7.50. The smallest absolute Gasteiger partial charge is 0.0652 e. The zero-order chi connectivity index (χ0) is 19.6. The molecule has 0 N–H and O–H groups in total. The molecule has 0 saturated carbocycles. The summed E-state index contributed by atoms with van der Waals surface area (Å²) in [6.45, 7) is 4.53. The van der Waals surface area contributed by atoms with Crippen LogP contribution in [0.4, 0.5) is 17.1 Å². The largest absolute Gasteiger partial charge is 0.347 e. The summed E-state index contributed by atoms with van der Waals surface area (Å²) in [5.74, 6) is 0. The Hall–Kier alpha value is -3.33. The van der Waals surface area contributed by atoms with Crippen LogP contribution in [0.25, 0.3) is 0 Å². The lowest BCUT2D eigenvalue weighted by atomic mass is 9.84. The van der Waals surface area contributed by atoms with Crippen molar-refractivity contribution in [3.63, 3.8) is 0 Å². The zero-order valence-corrected chi connectivity index (χ0v) is 16.6. The highest BCUT2D eigenvalue weighted by atomic mass is 15.5. The highest BCUT2D eigenvalue weighted by Gasteiger charge is 2.37. The van der Waals surface area contributed by atoms with Crippen molar-refractivity contribution in [2.45, 2.75) is 19.3 Å². The van der Waals surface area contributed by atoms with Gasteiger partial charge >= 0.3 is 0 Å². The Morgan fingerprint density at radius 2 is 1.32 bits per heavy atom. The molecule has 3 aromatic rings. The Morgan fingerprint density at radius 3 is 1.89 bits per heavy atom. The van der Waals surface area contributed by atoms with Gasteiger partial charge in [0.05, 0.1) is 11.4 Å². The summed E-state index contributed by atoms with van der Waals surface area (Å²) in [5.41, 5.74) is 5.85. The summed E-state index contributed by atoms with van der Waals surface area (Å²) in [5, 5.41) is 6.76. The van der Waals surface area contributed by atoms with E-state index in [1.165, 1.54) is 16.9 Å². The number of likely N-dealkylation sites (N-methyl/N-ethyl adjacent to an activating group) is 1. The molecule has 1 aliphatic rings. The van der Waals surface area contributed by atoms with Crippen molar-refractivity contribution in [1.82, 2.24) is 0 Å². The number of fused-ring (bicyclic) bond motifs is 1. The minimum Gasteiger partial charge on any atom is -0.347 e. The maximum Gasteiger partial charge on any atom is 0.0652 e. The van der Waals surface area contributed by atoms with Crippen LogP contribution >= 0.6 is 0 Å². The fourth-order valence-corrected chi connectivity index (χ4v) is 3.89. The normalized spacial score (nSPS) is 16.5. The molecule has 0 fully saturated rings. The highest BCUT2D eigenvalue weighted by Crippen LogP contribution is 2.46. The monoisotopic (exact) mass is 367 g/mol. The number of anilines is 3. The van der Waals surface area contributed by atoms with Crippen LogP contribution < -0.4 is 9.91 Å². The van der Waals surface area contributed by atoms with E-state index in [0.29, 0.717) is 0 Å². The van der Waals surface area contributed by atoms with Gasteiger partial charge in [0.2, 0.25) is 0 Å². The van der Waals surface area contributed by atoms with Crippen LogP contribution in [0, 0.1) is 0 Å². The molecular weight excluding hydrogens is 342 g/mol. The molecule has 4 rings (SSSR count). The predicted octanol–water partition coefficient (Wildman–Crippen LogP) is 6.12. The lowest BCUT2D eigenvalue weighted by Crippen LogP contribution is -2.23. The quantitative estimate of drug-likeness (QED) is 0.408. The second-order valence-electron chi connectivity index (χ2n) is 7.50. The van der Waals surface area contributed by atoms with E-state index >= 15 is 0 Å². The first-order valence-corrected chi connectivity index (χ1v) is 9.57. The molecule has 0 bridgehead atoms. The fraction of sp³-hybridized carbons (Fsp3) is 0.160. The van der Waals surface area contributed by atoms with Crippen LogP contribution in [0.15, 0.2) is 102 Å². The Kier molecular flexibility index (Phi) is 4.74. The van der Waals surface area contributed by atoms with Crippen molar-refractivity contribution in [2.24, 2.45) is 5.10 Å². The lowest BCUT2D eigenvalue weighted by molar-refractivity contribution is 0.641. The Balaban J connectivity index is 1.69. The average molecular weight is 367 g/mol. The standard InChI is InChI=1S/C25H25N3/c1-25(2)22-16-10-11-17-23(22)27(3)24(25)18-19-26-28(20-12-6-4-7-13-20)21-14-8-5-9-15-21/h4-19H,1-3H3. The molecule has 0 amide bonds. The van der Waals surface area contributed by atoms with Crippen LogP contribution in [0.3, 0.4) is 0 Å². The maximum absolute atomic E-state index is 4.80. The Bertz CT molecular complexity index is 965. The number of allylic oxidation sites excluding steroid dienone is 2. The first kappa shape index (κ1) is 18.1. The SMILES string of the molecule is CN1C(=CC=NN(c2ccccc2)c2ccccc2)C(C)(C)c2ccccc21. The molecule has 0 radical (unpaired) electrons. The molecule has 0 spiro atoms. The highest BCUT2D eigenvalue weighted by molar-refractivity contribution is 5.81. The van der Waals surface area contributed by atoms with E-state index in [2.05, 4.69) is 80.4 Å². The molecular formula is C25H25N3. The van der Waals surface area contributed by atoms with Gasteiger partial charge in [0.15, 0.2) is 0 Å². The number of hydrazone groups is 1. The topological polar surface area (TPSA) is 18.8 Å². The van der Waals surface area contributed by atoms with Crippen LogP contribution in [-0.2, 0) is 5.41 Å². The first-order chi connectivity index (χ1) is 13.6. The van der Waals surface area contributed by atoms with Crippen LogP contribution in [-0.4, -0.2) is 13.3 Å². The number of rotatable bonds is 4. The number of hydrogen-bond donors (Lipinski definition) is 0. The molecule has 28 heavy (non-hydrogen) atoms. The lowest BCUT2D eigenvalue weighted by Gasteiger charge is -2.24. The third-order valence-corrected chi connectivity index (χ3v) is 5.36. The summed E-state index contributed by atoms with van der Waals surface area (Å²) in [7, 11) is 2.12. The van der Waals surface area contributed by atoms with Crippen molar-refractivity contribution >= 4 is 23.3 Å². The Morgan fingerprint density at radius 1 is 0.786 bits per heavy atom. The van der Waals surface area contributed by atoms with E-state index in [-0.39, 0.29) is 5.41 Å². The van der Waals surface area contributed by atoms with Crippen molar-refractivity contribution in [2.75, 3.05) is 17.0 Å². The third-order valence-electron chi connectivity index (χ3n) is 5.36. The summed E-state index contributed by atoms with van der Waals surface area (Å²) >= 11 is 0. The van der Waals surface area contributed by atoms with Gasteiger partial charge in [0, 0.05) is 30.1 Å². The number of para-hydroxylation sites is 3. The maximum atomic E-state index is 4.80. The van der Waals surface area contributed by atoms with E-state index < -0.39 is 0 Å². The summed E-state index contributed by atoms with van der Waals surface area (Å²) < 4.78 is 0. The molecule has 1 heterocycles. The molecule has 0 atom stereocenters. The van der Waals surface area contributed by atoms with Crippen molar-refractivity contribution < 1.29 is 0 Å². The van der Waals surface area contributed by atoms with Gasteiger partial charge in [0.25, 0.3) is 0 Å². The summed E-state index contributed by atoms with van der Waals surface area (Å²) in [6, 6.07) is 29.0. The second kappa shape index (κ2) is 7.35. The van der Waals surface area contributed by atoms with Gasteiger partial charge in [-0.25, -0.2) is 5.01 Å². The Labute approximate surface area is 167 Å². The van der Waals surface area contributed by atoms with Gasteiger partial charge in [-0.05, 0) is 42.0 Å². The number of benzene rings is 3. The van der Waals surface area contributed by atoms with E-state index in [4.69, 9.17) is 5.10 Å². The van der Waals surface area contributed by atoms with Gasteiger partial charge in [0.1, 0.15) is 0 Å². The van der Waals surface area contributed by atoms with Crippen molar-refractivity contribution in [1.29, 1.82) is 0 Å². The first-order valence-electron chi connectivity index (χ1n) is 9.57. The van der Waals surface area contributed by atoms with Crippen LogP contribution in [0.2, 0.25) is 0 Å². The molecule has 140 valence electrons. The molecule has 1 aliphatic heterocycles. The van der Waals surface area contributed by atoms with Gasteiger partial charge in [-0.1, -0.05) is 68.4 Å². The molecule has 0 unspecified atom stereocenters. The molecule has 0 saturated heterocycles. The third kappa shape index (κ3) is 3.20. The average Bonchev–Trinajstić information content (AvgIpc) is 2.93. The zero-order valence-electron chi connectivity index (χ0n) is 16.6. The summed E-state index contributed by atoms with van der Waals surface area (Å²) in [4.78, 5) is 2.26. The molecule has 3 heteroatoms. The molecule has 0 aliphatic carbocycles. The number of nitrogens with zero attached hydrogens (tertiary/aromatic N) is 3. The van der Waals surface area contributed by atoms with Gasteiger partial charge < -0.3 is 4.90 Å². The van der Waals surface area contributed by atoms with E-state index in [9.17, 15) is 0 Å². The van der Waals surface area contributed by atoms with Crippen molar-refractivity contribution in [3.05, 3.63) is 102 Å². The van der Waals surface area contributed by atoms with E-state index in [1.807, 2.05) is 47.6 Å². The van der Waals surface area contributed by atoms with Gasteiger partial charge in [-0.2, -0.15) is 5.10 Å². The molecule has 0 aromatic heterocycles. The minimum atomic E-state index is -0.0539. The van der Waals surface area contributed by atoms with E-state index in [1.54, 1.807) is 0 Å². The van der Waals surface area contributed by atoms with Gasteiger partial charge in [-0.15, -0.1) is 0 Å². The van der Waals surface area contributed by atoms with E-state index in [0.717, 1.165) is 11.4 Å². The van der Waals surface area contributed by atoms with Crippen LogP contribution in [0.1, 0.15) is 19.4 Å². The number of hydrogen-bond acceptors (Lipinski definition) is 3. The summed E-state index contributed by atoms with van der Waals surface area (Å²) in [6.07, 6.45) is 4.03. The molecule has 3 aromatic carbocycles. The van der Waals surface area contributed by atoms with Gasteiger partial charge in [-0.3, -0.25) is 0 Å². The van der Waals surface area contributed by atoms with Crippen LogP contribution in [0.5, 0.6) is 0 Å². The predicted molar refractivity (Wildman–Crippen MR) is 119 cm³/mol. The van der Waals surface area contributed by atoms with Crippen molar-refractivity contribution in [3.8, 4) is 0 Å². The molecule has 3 nitrogen and oxygen atoms in total. The minimum absolute atomic E-state index is 0.0539.